The molecule has 0 radical (unpaired) electrons. The van der Waals surface area contributed by atoms with Crippen molar-refractivity contribution >= 4 is 16.7 Å². The molecule has 2 unspecified atom stereocenters. The van der Waals surface area contributed by atoms with Crippen molar-refractivity contribution in [1.29, 1.82) is 0 Å². The van der Waals surface area contributed by atoms with E-state index >= 15 is 0 Å². The van der Waals surface area contributed by atoms with Gasteiger partial charge in [0.25, 0.3) is 0 Å². The van der Waals surface area contributed by atoms with Gasteiger partial charge < -0.3 is 10.3 Å². The van der Waals surface area contributed by atoms with Gasteiger partial charge in [-0.3, -0.25) is 4.90 Å². The first kappa shape index (κ1) is 15.2. The number of nitrogens with zero attached hydrogens (tertiary/aromatic N) is 3. The van der Waals surface area contributed by atoms with Crippen molar-refractivity contribution in [3.8, 4) is 0 Å². The summed E-state index contributed by atoms with van der Waals surface area (Å²) >= 11 is 0. The average Bonchev–Trinajstić information content (AvgIpc) is 3.00. The van der Waals surface area contributed by atoms with Crippen molar-refractivity contribution in [3.63, 3.8) is 0 Å². The van der Waals surface area contributed by atoms with Crippen LogP contribution in [0.5, 0.6) is 0 Å². The number of likely N-dealkylation sites (tertiary alicyclic amines) is 1. The Balaban J connectivity index is 1.60. The van der Waals surface area contributed by atoms with Crippen LogP contribution in [0.15, 0.2) is 54.9 Å². The molecule has 24 heavy (non-hydrogen) atoms. The molecule has 1 fully saturated rings. The van der Waals surface area contributed by atoms with Gasteiger partial charge >= 0.3 is 0 Å². The van der Waals surface area contributed by atoms with Gasteiger partial charge in [0.2, 0.25) is 0 Å². The van der Waals surface area contributed by atoms with E-state index in [0.717, 1.165) is 25.0 Å². The van der Waals surface area contributed by atoms with E-state index < -0.39 is 0 Å². The third-order valence-electron chi connectivity index (χ3n) is 5.24. The van der Waals surface area contributed by atoms with Gasteiger partial charge in [0, 0.05) is 43.0 Å². The van der Waals surface area contributed by atoms with Gasteiger partial charge in [-0.2, -0.15) is 0 Å². The Morgan fingerprint density at radius 2 is 2.04 bits per heavy atom. The number of rotatable bonds is 3. The molecule has 2 N–H and O–H groups in total. The second-order valence-electron chi connectivity index (χ2n) is 6.95. The van der Waals surface area contributed by atoms with E-state index in [2.05, 4.69) is 64.0 Å². The maximum Gasteiger partial charge on any atom is 0.125 e. The zero-order valence-corrected chi connectivity index (χ0v) is 14.1. The fourth-order valence-corrected chi connectivity index (χ4v) is 3.81. The molecule has 0 saturated carbocycles. The number of aromatic nitrogens is 2. The molecule has 2 atom stereocenters. The molecule has 4 heteroatoms. The number of benzene rings is 1. The maximum atomic E-state index is 5.91. The lowest BCUT2D eigenvalue weighted by Gasteiger charge is -2.38. The Kier molecular flexibility index (Phi) is 3.98. The van der Waals surface area contributed by atoms with Crippen molar-refractivity contribution in [2.45, 2.75) is 25.9 Å². The van der Waals surface area contributed by atoms with Crippen molar-refractivity contribution in [2.24, 2.45) is 5.92 Å². The predicted molar refractivity (Wildman–Crippen MR) is 98.7 cm³/mol. The molecule has 0 bridgehead atoms. The molecule has 0 spiro atoms. The van der Waals surface area contributed by atoms with Crippen molar-refractivity contribution in [2.75, 3.05) is 18.8 Å². The summed E-state index contributed by atoms with van der Waals surface area (Å²) in [5, 5.41) is 1.16. The first-order valence-corrected chi connectivity index (χ1v) is 8.69. The number of hydrogen-bond acceptors (Lipinski definition) is 3. The molecule has 4 nitrogen and oxygen atoms in total. The van der Waals surface area contributed by atoms with Crippen molar-refractivity contribution < 1.29 is 0 Å². The van der Waals surface area contributed by atoms with Crippen LogP contribution in [0.2, 0.25) is 0 Å². The molecule has 3 heterocycles. The fraction of sp³-hybridized carbons (Fsp3) is 0.350. The highest BCUT2D eigenvalue weighted by atomic mass is 15.2. The van der Waals surface area contributed by atoms with E-state index in [1.807, 2.05) is 12.3 Å². The Hall–Kier alpha value is -2.33. The number of anilines is 1. The third-order valence-corrected chi connectivity index (χ3v) is 5.24. The highest BCUT2D eigenvalue weighted by Crippen LogP contribution is 2.32. The zero-order chi connectivity index (χ0) is 16.5. The summed E-state index contributed by atoms with van der Waals surface area (Å²) in [5.74, 6) is 1.24. The second-order valence-corrected chi connectivity index (χ2v) is 6.95. The maximum absolute atomic E-state index is 5.91. The summed E-state index contributed by atoms with van der Waals surface area (Å²) in [6.07, 6.45) is 5.28. The highest BCUT2D eigenvalue weighted by Gasteiger charge is 2.28. The lowest BCUT2D eigenvalue weighted by molar-refractivity contribution is 0.129. The molecular weight excluding hydrogens is 296 g/mol. The minimum Gasteiger partial charge on any atom is -0.384 e. The summed E-state index contributed by atoms with van der Waals surface area (Å²) in [6.45, 7) is 5.62. The van der Waals surface area contributed by atoms with E-state index in [1.165, 1.54) is 17.5 Å². The molecule has 2 aromatic heterocycles. The Morgan fingerprint density at radius 1 is 1.21 bits per heavy atom. The Bertz CT molecular complexity index is 824. The molecule has 1 aromatic carbocycles. The van der Waals surface area contributed by atoms with E-state index in [9.17, 15) is 0 Å². The number of fused-ring (bicyclic) bond motifs is 1. The highest BCUT2D eigenvalue weighted by molar-refractivity contribution is 5.81. The quantitative estimate of drug-likeness (QED) is 0.800. The van der Waals surface area contributed by atoms with Crippen LogP contribution in [-0.4, -0.2) is 27.5 Å². The lowest BCUT2D eigenvalue weighted by Crippen LogP contribution is -2.40. The van der Waals surface area contributed by atoms with Crippen LogP contribution >= 0.6 is 0 Å². The number of hydrogen-bond donors (Lipinski definition) is 1. The number of pyridine rings is 1. The molecule has 1 saturated heterocycles. The minimum absolute atomic E-state index is 0.474. The van der Waals surface area contributed by atoms with Gasteiger partial charge in [0.1, 0.15) is 5.82 Å². The van der Waals surface area contributed by atoms with Crippen LogP contribution in [0.25, 0.3) is 10.9 Å². The monoisotopic (exact) mass is 320 g/mol. The molecule has 0 amide bonds. The van der Waals surface area contributed by atoms with Crippen molar-refractivity contribution in [1.82, 2.24) is 14.5 Å². The number of piperidine rings is 1. The first-order chi connectivity index (χ1) is 11.7. The topological polar surface area (TPSA) is 47.1 Å². The van der Waals surface area contributed by atoms with Gasteiger partial charge in [-0.15, -0.1) is 0 Å². The third kappa shape index (κ3) is 2.89. The summed E-state index contributed by atoms with van der Waals surface area (Å²) in [4.78, 5) is 6.78. The molecule has 1 aliphatic rings. The number of nitrogen functional groups attached to an aromatic ring is 1. The van der Waals surface area contributed by atoms with Crippen LogP contribution in [-0.2, 0) is 6.54 Å². The average molecular weight is 320 g/mol. The van der Waals surface area contributed by atoms with Crippen LogP contribution in [0.1, 0.15) is 24.9 Å². The van der Waals surface area contributed by atoms with Gasteiger partial charge in [0.05, 0.1) is 5.52 Å². The molecule has 4 rings (SSSR count). The fourth-order valence-electron chi connectivity index (χ4n) is 3.81. The summed E-state index contributed by atoms with van der Waals surface area (Å²) < 4.78 is 2.40. The summed E-state index contributed by atoms with van der Waals surface area (Å²) in [7, 11) is 0. The standard InChI is InChI=1S/C20H24N4/c1-15-7-9-23(13-16-5-3-2-4-6-16)14-19(15)24-10-8-17-12-22-20(21)11-18(17)24/h2-6,8,10-12,15,19H,7,9,13-14H2,1H3,(H2,21,22). The summed E-state index contributed by atoms with van der Waals surface area (Å²) in [5.41, 5.74) is 8.49. The second kappa shape index (κ2) is 6.29. The van der Waals surface area contributed by atoms with Crippen molar-refractivity contribution in [3.05, 3.63) is 60.4 Å². The van der Waals surface area contributed by atoms with E-state index in [0.29, 0.717) is 17.8 Å². The van der Waals surface area contributed by atoms with Crippen LogP contribution in [0.3, 0.4) is 0 Å². The van der Waals surface area contributed by atoms with Gasteiger partial charge in [-0.25, -0.2) is 4.98 Å². The number of nitrogens with two attached hydrogens (primary N) is 1. The molecule has 124 valence electrons. The Labute approximate surface area is 142 Å². The van der Waals surface area contributed by atoms with Gasteiger partial charge in [-0.05, 0) is 30.5 Å². The normalized spacial score (nSPS) is 22.0. The first-order valence-electron chi connectivity index (χ1n) is 8.69. The molecule has 1 aliphatic heterocycles. The largest absolute Gasteiger partial charge is 0.384 e. The Morgan fingerprint density at radius 3 is 2.88 bits per heavy atom. The predicted octanol–water partition coefficient (Wildman–Crippen LogP) is 3.70. The van der Waals surface area contributed by atoms with Crippen LogP contribution < -0.4 is 5.73 Å². The van der Waals surface area contributed by atoms with E-state index in [4.69, 9.17) is 5.73 Å². The SMILES string of the molecule is CC1CCN(Cc2ccccc2)CC1n1ccc2cnc(N)cc21. The van der Waals surface area contributed by atoms with Crippen LogP contribution in [0.4, 0.5) is 5.82 Å². The van der Waals surface area contributed by atoms with Crippen LogP contribution in [0, 0.1) is 5.92 Å². The van der Waals surface area contributed by atoms with Gasteiger partial charge in [0.15, 0.2) is 0 Å². The smallest absolute Gasteiger partial charge is 0.125 e. The molecular formula is C20H24N4. The van der Waals surface area contributed by atoms with E-state index in [-0.39, 0.29) is 0 Å². The minimum atomic E-state index is 0.474. The lowest BCUT2D eigenvalue weighted by atomic mass is 9.92. The zero-order valence-electron chi connectivity index (χ0n) is 14.1. The summed E-state index contributed by atoms with van der Waals surface area (Å²) in [6, 6.07) is 15.4. The van der Waals surface area contributed by atoms with Gasteiger partial charge in [-0.1, -0.05) is 37.3 Å². The molecule has 3 aromatic rings. The van der Waals surface area contributed by atoms with E-state index in [1.54, 1.807) is 0 Å². The molecule has 0 aliphatic carbocycles.